The van der Waals surface area contributed by atoms with Gasteiger partial charge in [-0.1, -0.05) is 93.4 Å². The maximum absolute atomic E-state index is 13.5. The van der Waals surface area contributed by atoms with Crippen molar-refractivity contribution in [3.63, 3.8) is 0 Å². The quantitative estimate of drug-likeness (QED) is 0.168. The molecule has 2 atom stereocenters. The lowest BCUT2D eigenvalue weighted by Crippen LogP contribution is -2.23. The van der Waals surface area contributed by atoms with E-state index < -0.39 is 0 Å². The highest BCUT2D eigenvalue weighted by Gasteiger charge is 2.34. The Labute approximate surface area is 292 Å². The number of aromatic nitrogens is 3. The number of thiophene rings is 1. The van der Waals surface area contributed by atoms with Crippen LogP contribution in [0.4, 0.5) is 5.00 Å². The normalized spacial score (nSPS) is 18.6. The van der Waals surface area contributed by atoms with Crippen molar-refractivity contribution in [2.24, 2.45) is 5.92 Å². The molecule has 4 aromatic rings. The first kappa shape index (κ1) is 33.8. The number of aryl methyl sites for hydroxylation is 1. The number of fused-ring (bicyclic) bond motifs is 1. The fraction of sp³-hybridized carbons (Fsp3) is 0.385. The first-order valence-electron chi connectivity index (χ1n) is 16.8. The predicted molar refractivity (Wildman–Crippen MR) is 198 cm³/mol. The number of nitrogens with zero attached hydrogens (tertiary/aromatic N) is 4. The molecule has 0 radical (unpaired) electrons. The van der Waals surface area contributed by atoms with Crippen LogP contribution in [-0.4, -0.2) is 33.0 Å². The van der Waals surface area contributed by atoms with E-state index in [-0.39, 0.29) is 23.1 Å². The van der Waals surface area contributed by atoms with E-state index >= 15 is 0 Å². The minimum atomic E-state index is -0.185. The number of nitriles is 1. The van der Waals surface area contributed by atoms with Crippen molar-refractivity contribution in [2.75, 3.05) is 17.7 Å². The summed E-state index contributed by atoms with van der Waals surface area (Å²) >= 11 is 2.93. The topological polar surface area (TPSA) is 92.8 Å². The monoisotopic (exact) mass is 677 g/mol. The van der Waals surface area contributed by atoms with Crippen LogP contribution >= 0.6 is 23.1 Å². The molecular weight excluding hydrogens is 635 g/mol. The maximum Gasteiger partial charge on any atom is 0.235 e. The molecule has 0 aliphatic heterocycles. The zero-order chi connectivity index (χ0) is 33.8. The molecule has 0 saturated heterocycles. The summed E-state index contributed by atoms with van der Waals surface area (Å²) in [6.07, 6.45) is 11.8. The number of benzene rings is 2. The van der Waals surface area contributed by atoms with E-state index in [9.17, 15) is 10.1 Å². The smallest absolute Gasteiger partial charge is 0.235 e. The molecule has 0 unspecified atom stereocenters. The Kier molecular flexibility index (Phi) is 10.2. The van der Waals surface area contributed by atoms with Crippen LogP contribution in [0.25, 0.3) is 23.5 Å². The first-order chi connectivity index (χ1) is 23.2. The molecule has 2 heterocycles. The molecule has 1 amide bonds. The number of carbonyl (C=O) groups excluding carboxylic acids is 1. The van der Waals surface area contributed by atoms with Gasteiger partial charge in [0.15, 0.2) is 11.0 Å². The summed E-state index contributed by atoms with van der Waals surface area (Å²) in [6.45, 7) is 11.4. The minimum Gasteiger partial charge on any atom is -0.494 e. The van der Waals surface area contributed by atoms with Crippen LogP contribution in [-0.2, 0) is 10.2 Å². The maximum atomic E-state index is 13.5. The van der Waals surface area contributed by atoms with E-state index in [0.717, 1.165) is 56.7 Å². The molecule has 6 rings (SSSR count). The van der Waals surface area contributed by atoms with Gasteiger partial charge in [-0.3, -0.25) is 9.36 Å². The second-order valence-electron chi connectivity index (χ2n) is 13.5. The summed E-state index contributed by atoms with van der Waals surface area (Å²) in [4.78, 5) is 14.6. The van der Waals surface area contributed by atoms with E-state index in [2.05, 4.69) is 96.3 Å². The lowest BCUT2D eigenvalue weighted by Gasteiger charge is -2.31. The van der Waals surface area contributed by atoms with Crippen molar-refractivity contribution in [2.45, 2.75) is 83.3 Å². The molecule has 0 bridgehead atoms. The van der Waals surface area contributed by atoms with Crippen molar-refractivity contribution in [3.8, 4) is 23.2 Å². The molecule has 248 valence electrons. The van der Waals surface area contributed by atoms with Gasteiger partial charge < -0.3 is 10.1 Å². The largest absolute Gasteiger partial charge is 0.494 e. The molecule has 2 aromatic carbocycles. The number of amides is 1. The van der Waals surface area contributed by atoms with Gasteiger partial charge in [-0.05, 0) is 74.4 Å². The second kappa shape index (κ2) is 14.6. The molecule has 1 fully saturated rings. The van der Waals surface area contributed by atoms with Gasteiger partial charge >= 0.3 is 0 Å². The Bertz CT molecular complexity index is 1890. The zero-order valence-corrected chi connectivity index (χ0v) is 30.0. The number of nitrogens with one attached hydrogen (secondary N) is 1. The fourth-order valence-corrected chi connectivity index (χ4v) is 8.93. The molecule has 1 saturated carbocycles. The van der Waals surface area contributed by atoms with Crippen molar-refractivity contribution in [3.05, 3.63) is 87.3 Å². The Hall–Kier alpha value is -4.13. The molecule has 1 N–H and O–H groups in total. The molecule has 9 heteroatoms. The summed E-state index contributed by atoms with van der Waals surface area (Å²) in [5.41, 5.74) is 5.69. The van der Waals surface area contributed by atoms with E-state index in [1.54, 1.807) is 0 Å². The highest BCUT2D eigenvalue weighted by Crippen LogP contribution is 2.48. The number of carbonyl (C=O) groups is 1. The van der Waals surface area contributed by atoms with Gasteiger partial charge in [0.1, 0.15) is 16.8 Å². The van der Waals surface area contributed by atoms with Gasteiger partial charge in [0.05, 0.1) is 17.9 Å². The van der Waals surface area contributed by atoms with E-state index in [1.807, 2.05) is 31.2 Å². The van der Waals surface area contributed by atoms with Crippen molar-refractivity contribution in [1.82, 2.24) is 14.8 Å². The SMILES string of the molecule is CCOc1ccc(/C=C/C2=Cc3c(sc(NC(=O)CSc4nnc(-c5cccc(C)c5)n4[C@H]4CCCC[C@@H]4C)c3C#N)C(C)(C)C2)cc1. The van der Waals surface area contributed by atoms with E-state index in [0.29, 0.717) is 23.1 Å². The van der Waals surface area contributed by atoms with Crippen LogP contribution in [0.15, 0.2) is 65.3 Å². The van der Waals surface area contributed by atoms with Gasteiger partial charge in [0.25, 0.3) is 0 Å². The summed E-state index contributed by atoms with van der Waals surface area (Å²) in [5.74, 6) is 2.24. The highest BCUT2D eigenvalue weighted by molar-refractivity contribution is 7.99. The number of ether oxygens (including phenoxy) is 1. The Morgan fingerprint density at radius 3 is 2.69 bits per heavy atom. The van der Waals surface area contributed by atoms with Gasteiger partial charge in [-0.2, -0.15) is 5.26 Å². The van der Waals surface area contributed by atoms with Gasteiger partial charge in [-0.25, -0.2) is 0 Å². The first-order valence-corrected chi connectivity index (χ1v) is 18.6. The third kappa shape index (κ3) is 7.30. The standard InChI is InChI=1S/C39H43N5O2S2/c1-6-46-30-18-16-27(17-19-30)14-15-28-21-31-32(23-40)37(48-35(31)39(4,5)22-28)41-34(45)24-47-38-43-42-36(29-12-9-10-25(2)20-29)44(38)33-13-8-7-11-26(33)3/h9-10,12,14-21,26,33H,6-8,11,13,22,24H2,1-5H3,(H,41,45)/b15-14+/t26-,33-/m0/s1. The van der Waals surface area contributed by atoms with Gasteiger partial charge in [0, 0.05) is 27.5 Å². The van der Waals surface area contributed by atoms with Crippen LogP contribution in [0.5, 0.6) is 5.75 Å². The summed E-state index contributed by atoms with van der Waals surface area (Å²) < 4.78 is 7.84. The Morgan fingerprint density at radius 1 is 1.17 bits per heavy atom. The van der Waals surface area contributed by atoms with Crippen LogP contribution < -0.4 is 10.1 Å². The molecule has 48 heavy (non-hydrogen) atoms. The van der Waals surface area contributed by atoms with E-state index in [1.165, 1.54) is 47.9 Å². The number of hydrogen-bond acceptors (Lipinski definition) is 7. The number of allylic oxidation sites excluding steroid dienone is 2. The number of rotatable bonds is 10. The predicted octanol–water partition coefficient (Wildman–Crippen LogP) is 9.85. The lowest BCUT2D eigenvalue weighted by atomic mass is 9.77. The molecule has 2 aliphatic carbocycles. The summed E-state index contributed by atoms with van der Waals surface area (Å²) in [7, 11) is 0. The van der Waals surface area contributed by atoms with Gasteiger partial charge in [-0.15, -0.1) is 21.5 Å². The second-order valence-corrected chi connectivity index (χ2v) is 15.5. The number of anilines is 1. The number of hydrogen-bond donors (Lipinski definition) is 1. The van der Waals surface area contributed by atoms with Crippen LogP contribution in [0.3, 0.4) is 0 Å². The summed E-state index contributed by atoms with van der Waals surface area (Å²) in [6, 6.07) is 19.1. The summed E-state index contributed by atoms with van der Waals surface area (Å²) in [5, 5.41) is 24.0. The van der Waals surface area contributed by atoms with E-state index in [4.69, 9.17) is 4.74 Å². The molecule has 2 aromatic heterocycles. The van der Waals surface area contributed by atoms with Crippen LogP contribution in [0.1, 0.15) is 93.0 Å². The molecule has 0 spiro atoms. The van der Waals surface area contributed by atoms with Crippen molar-refractivity contribution >= 4 is 46.2 Å². The lowest BCUT2D eigenvalue weighted by molar-refractivity contribution is -0.113. The average Bonchev–Trinajstić information content (AvgIpc) is 3.65. The molecular formula is C39H43N5O2S2. The Balaban J connectivity index is 1.21. The van der Waals surface area contributed by atoms with Gasteiger partial charge in [0.2, 0.25) is 5.91 Å². The van der Waals surface area contributed by atoms with Crippen molar-refractivity contribution < 1.29 is 9.53 Å². The van der Waals surface area contributed by atoms with Crippen molar-refractivity contribution in [1.29, 1.82) is 5.26 Å². The molecule has 2 aliphatic rings. The third-order valence-electron chi connectivity index (χ3n) is 9.25. The Morgan fingerprint density at radius 2 is 1.96 bits per heavy atom. The minimum absolute atomic E-state index is 0.157. The van der Waals surface area contributed by atoms with Crippen LogP contribution in [0, 0.1) is 24.2 Å². The fourth-order valence-electron chi connectivity index (χ4n) is 6.89. The van der Waals surface area contributed by atoms with Crippen LogP contribution in [0.2, 0.25) is 0 Å². The highest BCUT2D eigenvalue weighted by atomic mass is 32.2. The number of thioether (sulfide) groups is 1. The average molecular weight is 678 g/mol. The zero-order valence-electron chi connectivity index (χ0n) is 28.4. The third-order valence-corrected chi connectivity index (χ3v) is 11.7. The molecule has 7 nitrogen and oxygen atoms in total.